The largest absolute Gasteiger partial charge is 0.381 e. The van der Waals surface area contributed by atoms with Crippen molar-refractivity contribution in [3.8, 4) is 11.5 Å². The highest BCUT2D eigenvalue weighted by Gasteiger charge is 2.34. The zero-order valence-electron chi connectivity index (χ0n) is 15.1. The molecule has 0 atom stereocenters. The van der Waals surface area contributed by atoms with Crippen LogP contribution in [0, 0.1) is 6.92 Å². The van der Waals surface area contributed by atoms with Gasteiger partial charge in [0.2, 0.25) is 0 Å². The fourth-order valence-corrected chi connectivity index (χ4v) is 3.85. The molecule has 27 heavy (non-hydrogen) atoms. The Kier molecular flexibility index (Phi) is 5.22. The summed E-state index contributed by atoms with van der Waals surface area (Å²) in [6.45, 7) is 4.15. The van der Waals surface area contributed by atoms with Crippen LogP contribution in [0.3, 0.4) is 0 Å². The van der Waals surface area contributed by atoms with Gasteiger partial charge in [-0.15, -0.1) is 0 Å². The molecule has 7 heteroatoms. The van der Waals surface area contributed by atoms with Gasteiger partial charge in [0.25, 0.3) is 5.89 Å². The third-order valence-electron chi connectivity index (χ3n) is 5.03. The fourth-order valence-electron chi connectivity index (χ4n) is 3.45. The molecule has 1 aromatic carbocycles. The maximum Gasteiger partial charge on any atom is 0.259 e. The molecular formula is C20H21BrN4O2. The number of hydrogen-bond donors (Lipinski definition) is 1. The fraction of sp³-hybridized carbons (Fsp3) is 0.350. The van der Waals surface area contributed by atoms with Gasteiger partial charge in [-0.25, -0.2) is 4.98 Å². The average molecular weight is 429 g/mol. The molecule has 0 saturated carbocycles. The van der Waals surface area contributed by atoms with E-state index < -0.39 is 0 Å². The normalized spacial score (nSPS) is 16.2. The van der Waals surface area contributed by atoms with Gasteiger partial charge >= 0.3 is 0 Å². The van der Waals surface area contributed by atoms with Crippen molar-refractivity contribution in [1.29, 1.82) is 0 Å². The van der Waals surface area contributed by atoms with Crippen molar-refractivity contribution >= 4 is 21.7 Å². The number of rotatable bonds is 5. The van der Waals surface area contributed by atoms with Gasteiger partial charge in [-0.3, -0.25) is 0 Å². The molecule has 0 spiro atoms. The Morgan fingerprint density at radius 1 is 1.19 bits per heavy atom. The van der Waals surface area contributed by atoms with Gasteiger partial charge < -0.3 is 14.6 Å². The lowest BCUT2D eigenvalue weighted by Crippen LogP contribution is -2.40. The van der Waals surface area contributed by atoms with Crippen LogP contribution < -0.4 is 5.32 Å². The molecule has 1 fully saturated rings. The summed E-state index contributed by atoms with van der Waals surface area (Å²) < 4.78 is 11.9. The molecule has 1 saturated heterocycles. The molecule has 3 heterocycles. The van der Waals surface area contributed by atoms with Gasteiger partial charge in [0.05, 0.1) is 5.56 Å². The number of halogens is 1. The number of anilines is 1. The molecule has 3 aromatic rings. The predicted molar refractivity (Wildman–Crippen MR) is 107 cm³/mol. The lowest BCUT2D eigenvalue weighted by Gasteiger charge is -2.38. The van der Waals surface area contributed by atoms with E-state index >= 15 is 0 Å². The summed E-state index contributed by atoms with van der Waals surface area (Å²) >= 11 is 3.60. The highest BCUT2D eigenvalue weighted by atomic mass is 79.9. The molecule has 6 nitrogen and oxygen atoms in total. The summed E-state index contributed by atoms with van der Waals surface area (Å²) in [4.78, 5) is 8.74. The highest BCUT2D eigenvalue weighted by Crippen LogP contribution is 2.36. The second-order valence-corrected chi connectivity index (χ2v) is 7.75. The first-order chi connectivity index (χ1) is 13.1. The maximum absolute atomic E-state index is 5.62. The van der Waals surface area contributed by atoms with E-state index in [1.165, 1.54) is 5.56 Å². The summed E-state index contributed by atoms with van der Waals surface area (Å²) in [7, 11) is 0. The summed E-state index contributed by atoms with van der Waals surface area (Å²) in [6, 6.07) is 12.5. The quantitative estimate of drug-likeness (QED) is 0.650. The molecule has 0 bridgehead atoms. The first kappa shape index (κ1) is 18.1. The summed E-state index contributed by atoms with van der Waals surface area (Å²) in [5.74, 6) is 1.93. The maximum atomic E-state index is 5.62. The number of nitrogens with one attached hydrogen (secondary N) is 1. The van der Waals surface area contributed by atoms with Crippen LogP contribution in [0.15, 0.2) is 51.6 Å². The van der Waals surface area contributed by atoms with Crippen molar-refractivity contribution in [1.82, 2.24) is 15.1 Å². The Morgan fingerprint density at radius 2 is 2.04 bits per heavy atom. The minimum Gasteiger partial charge on any atom is -0.381 e. The summed E-state index contributed by atoms with van der Waals surface area (Å²) in [6.07, 6.45) is 3.72. The highest BCUT2D eigenvalue weighted by molar-refractivity contribution is 9.10. The van der Waals surface area contributed by atoms with Crippen molar-refractivity contribution in [3.05, 3.63) is 58.5 Å². The molecule has 0 radical (unpaired) electrons. The van der Waals surface area contributed by atoms with Crippen LogP contribution >= 0.6 is 15.9 Å². The van der Waals surface area contributed by atoms with Crippen LogP contribution in [-0.4, -0.2) is 34.9 Å². The number of ether oxygens (including phenoxy) is 1. The van der Waals surface area contributed by atoms with Crippen LogP contribution in [0.1, 0.15) is 24.2 Å². The van der Waals surface area contributed by atoms with Crippen molar-refractivity contribution in [2.75, 3.05) is 25.1 Å². The topological polar surface area (TPSA) is 73.1 Å². The average Bonchev–Trinajstić information content (AvgIpc) is 3.14. The van der Waals surface area contributed by atoms with Gasteiger partial charge in [0, 0.05) is 35.8 Å². The van der Waals surface area contributed by atoms with Crippen LogP contribution in [0.5, 0.6) is 0 Å². The van der Waals surface area contributed by atoms with Gasteiger partial charge in [-0.05, 0) is 49.6 Å². The zero-order valence-corrected chi connectivity index (χ0v) is 16.7. The standard InChI is InChI=1S/C20H21BrN4O2/c1-14-24-19(27-25-14)15-5-6-18(22-12-15)23-13-20(7-9-26-10-8-20)16-3-2-4-17(21)11-16/h2-6,11-12H,7-10,13H2,1H3,(H,22,23). The van der Waals surface area contributed by atoms with Crippen molar-refractivity contribution in [2.24, 2.45) is 0 Å². The van der Waals surface area contributed by atoms with Gasteiger partial charge in [-0.1, -0.05) is 33.2 Å². The van der Waals surface area contributed by atoms with E-state index in [0.29, 0.717) is 11.7 Å². The van der Waals surface area contributed by atoms with E-state index in [1.54, 1.807) is 13.1 Å². The number of benzene rings is 1. The van der Waals surface area contributed by atoms with Crippen LogP contribution in [-0.2, 0) is 10.2 Å². The van der Waals surface area contributed by atoms with E-state index in [4.69, 9.17) is 9.26 Å². The minimum absolute atomic E-state index is 0.0337. The second kappa shape index (κ2) is 7.78. The Morgan fingerprint density at radius 3 is 2.70 bits per heavy atom. The second-order valence-electron chi connectivity index (χ2n) is 6.84. The number of aryl methyl sites for hydroxylation is 1. The lowest BCUT2D eigenvalue weighted by molar-refractivity contribution is 0.0543. The predicted octanol–water partition coefficient (Wildman–Crippen LogP) is 4.36. The minimum atomic E-state index is 0.0337. The van der Waals surface area contributed by atoms with E-state index in [2.05, 4.69) is 60.6 Å². The Balaban J connectivity index is 1.51. The third-order valence-corrected chi connectivity index (χ3v) is 5.53. The van der Waals surface area contributed by atoms with E-state index in [-0.39, 0.29) is 5.41 Å². The van der Waals surface area contributed by atoms with Gasteiger partial charge in [0.15, 0.2) is 5.82 Å². The first-order valence-corrected chi connectivity index (χ1v) is 9.78. The molecule has 1 aliphatic rings. The van der Waals surface area contributed by atoms with E-state index in [0.717, 1.165) is 48.5 Å². The molecule has 1 aliphatic heterocycles. The van der Waals surface area contributed by atoms with Crippen molar-refractivity contribution in [2.45, 2.75) is 25.2 Å². The van der Waals surface area contributed by atoms with Gasteiger partial charge in [0.1, 0.15) is 5.82 Å². The van der Waals surface area contributed by atoms with Crippen molar-refractivity contribution in [3.63, 3.8) is 0 Å². The molecular weight excluding hydrogens is 408 g/mol. The van der Waals surface area contributed by atoms with Gasteiger partial charge in [-0.2, -0.15) is 4.98 Å². The number of hydrogen-bond acceptors (Lipinski definition) is 6. The molecule has 0 unspecified atom stereocenters. The lowest BCUT2D eigenvalue weighted by atomic mass is 9.74. The molecule has 2 aromatic heterocycles. The van der Waals surface area contributed by atoms with Crippen LogP contribution in [0.2, 0.25) is 0 Å². The molecule has 0 aliphatic carbocycles. The Hall–Kier alpha value is -2.25. The molecule has 4 rings (SSSR count). The Labute approximate surface area is 166 Å². The summed E-state index contributed by atoms with van der Waals surface area (Å²) in [5.41, 5.74) is 2.17. The van der Waals surface area contributed by atoms with Crippen molar-refractivity contribution < 1.29 is 9.26 Å². The third kappa shape index (κ3) is 4.04. The molecule has 140 valence electrons. The SMILES string of the molecule is Cc1noc(-c2ccc(NCC3(c4cccc(Br)c4)CCOCC3)nc2)n1. The van der Waals surface area contributed by atoms with Crippen LogP contribution in [0.4, 0.5) is 5.82 Å². The molecule has 1 N–H and O–H groups in total. The smallest absolute Gasteiger partial charge is 0.259 e. The summed E-state index contributed by atoms with van der Waals surface area (Å²) in [5, 5.41) is 7.33. The van der Waals surface area contributed by atoms with E-state index in [1.807, 2.05) is 12.1 Å². The monoisotopic (exact) mass is 428 g/mol. The van der Waals surface area contributed by atoms with Crippen LogP contribution in [0.25, 0.3) is 11.5 Å². The number of aromatic nitrogens is 3. The first-order valence-electron chi connectivity index (χ1n) is 8.99. The molecule has 0 amide bonds. The number of pyridine rings is 1. The van der Waals surface area contributed by atoms with E-state index in [9.17, 15) is 0 Å². The number of nitrogens with zero attached hydrogens (tertiary/aromatic N) is 3. The zero-order chi connectivity index (χ0) is 18.7. The Bertz CT molecular complexity index is 904.